The van der Waals surface area contributed by atoms with E-state index < -0.39 is 5.97 Å². The molecular formula is C19H16BrNO4. The number of carbonyl (C=O) groups is 1. The van der Waals surface area contributed by atoms with Gasteiger partial charge in [0, 0.05) is 11.8 Å². The molecule has 1 aromatic heterocycles. The Hall–Kier alpha value is -2.60. The number of hydrogen-bond donors (Lipinski definition) is 0. The molecule has 0 saturated carbocycles. The van der Waals surface area contributed by atoms with Gasteiger partial charge in [-0.2, -0.15) is 0 Å². The number of halogens is 1. The van der Waals surface area contributed by atoms with Crippen molar-refractivity contribution in [1.29, 1.82) is 0 Å². The third-order valence-electron chi connectivity index (χ3n) is 3.94. The molecule has 128 valence electrons. The molecule has 0 spiro atoms. The zero-order valence-corrected chi connectivity index (χ0v) is 15.6. The highest BCUT2D eigenvalue weighted by Gasteiger charge is 2.19. The Kier molecular flexibility index (Phi) is 4.90. The van der Waals surface area contributed by atoms with Gasteiger partial charge in [-0.05, 0) is 62.6 Å². The minimum absolute atomic E-state index is 0.403. The van der Waals surface area contributed by atoms with E-state index >= 15 is 0 Å². The highest BCUT2D eigenvalue weighted by Crippen LogP contribution is 2.39. The zero-order chi connectivity index (χ0) is 18.0. The van der Waals surface area contributed by atoms with E-state index in [4.69, 9.17) is 14.2 Å². The van der Waals surface area contributed by atoms with Crippen LogP contribution in [0.4, 0.5) is 0 Å². The van der Waals surface area contributed by atoms with E-state index in [1.54, 1.807) is 26.5 Å². The first-order chi connectivity index (χ1) is 12.1. The fourth-order valence-electron chi connectivity index (χ4n) is 2.80. The molecule has 3 rings (SSSR count). The first-order valence-corrected chi connectivity index (χ1v) is 8.27. The van der Waals surface area contributed by atoms with Crippen LogP contribution < -0.4 is 9.47 Å². The molecule has 0 unspecified atom stereocenters. The van der Waals surface area contributed by atoms with Crippen molar-refractivity contribution in [2.45, 2.75) is 0 Å². The van der Waals surface area contributed by atoms with Crippen molar-refractivity contribution >= 4 is 32.7 Å². The number of hydrogen-bond acceptors (Lipinski definition) is 5. The quantitative estimate of drug-likeness (QED) is 0.476. The number of methoxy groups -OCH3 is 3. The van der Waals surface area contributed by atoms with Crippen molar-refractivity contribution in [2.24, 2.45) is 0 Å². The highest BCUT2D eigenvalue weighted by molar-refractivity contribution is 9.10. The molecule has 25 heavy (non-hydrogen) atoms. The Labute approximate surface area is 153 Å². The SMILES string of the molecule is COC(=O)c1ccc2cc(OC)c(OC)cc2c1-c1ccnc(Br)c1. The standard InChI is InChI=1S/C19H16BrNO4/c1-23-15-8-11-4-5-13(19(22)25-3)18(14(11)10-16(15)24-2)12-6-7-21-17(20)9-12/h4-10H,1-3H3. The van der Waals surface area contributed by atoms with Gasteiger partial charge < -0.3 is 14.2 Å². The summed E-state index contributed by atoms with van der Waals surface area (Å²) in [5.74, 6) is 0.814. The third-order valence-corrected chi connectivity index (χ3v) is 4.38. The molecule has 0 saturated heterocycles. The Bertz CT molecular complexity index is 956. The third kappa shape index (κ3) is 3.17. The number of pyridine rings is 1. The summed E-state index contributed by atoms with van der Waals surface area (Å²) in [6, 6.07) is 11.1. The van der Waals surface area contributed by atoms with Crippen LogP contribution in [0.25, 0.3) is 21.9 Å². The van der Waals surface area contributed by atoms with Gasteiger partial charge in [-0.3, -0.25) is 0 Å². The van der Waals surface area contributed by atoms with Crippen LogP contribution in [-0.2, 0) is 4.74 Å². The van der Waals surface area contributed by atoms with E-state index in [0.29, 0.717) is 21.7 Å². The second-order valence-electron chi connectivity index (χ2n) is 5.28. The summed E-state index contributed by atoms with van der Waals surface area (Å²) in [4.78, 5) is 16.5. The molecule has 1 heterocycles. The molecule has 3 aromatic rings. The van der Waals surface area contributed by atoms with Crippen LogP contribution in [0, 0.1) is 0 Å². The number of nitrogens with zero attached hydrogens (tertiary/aromatic N) is 1. The molecule has 0 bridgehead atoms. The van der Waals surface area contributed by atoms with Crippen LogP contribution in [0.3, 0.4) is 0 Å². The number of esters is 1. The first kappa shape index (κ1) is 17.2. The number of benzene rings is 2. The summed E-state index contributed by atoms with van der Waals surface area (Å²) < 4.78 is 16.4. The zero-order valence-electron chi connectivity index (χ0n) is 14.0. The monoisotopic (exact) mass is 401 g/mol. The van der Waals surface area contributed by atoms with Gasteiger partial charge >= 0.3 is 5.97 Å². The van der Waals surface area contributed by atoms with Gasteiger partial charge in [0.05, 0.1) is 26.9 Å². The number of aromatic nitrogens is 1. The number of carbonyl (C=O) groups excluding carboxylic acids is 1. The maximum Gasteiger partial charge on any atom is 0.338 e. The molecule has 0 N–H and O–H groups in total. The first-order valence-electron chi connectivity index (χ1n) is 7.48. The Balaban J connectivity index is 2.41. The van der Waals surface area contributed by atoms with E-state index in [0.717, 1.165) is 21.9 Å². The summed E-state index contributed by atoms with van der Waals surface area (Å²) in [7, 11) is 4.54. The van der Waals surface area contributed by atoms with Crippen LogP contribution in [0.2, 0.25) is 0 Å². The topological polar surface area (TPSA) is 57.7 Å². The van der Waals surface area contributed by atoms with Crippen molar-refractivity contribution < 1.29 is 19.0 Å². The average Bonchev–Trinajstić information content (AvgIpc) is 2.65. The number of rotatable bonds is 4. The lowest BCUT2D eigenvalue weighted by atomic mass is 9.93. The predicted molar refractivity (Wildman–Crippen MR) is 99.3 cm³/mol. The summed E-state index contributed by atoms with van der Waals surface area (Å²) in [6.07, 6.45) is 1.68. The fourth-order valence-corrected chi connectivity index (χ4v) is 3.16. The van der Waals surface area contributed by atoms with E-state index in [2.05, 4.69) is 20.9 Å². The predicted octanol–water partition coefficient (Wildman–Crippen LogP) is 4.47. The van der Waals surface area contributed by atoms with Crippen molar-refractivity contribution in [1.82, 2.24) is 4.98 Å². The Morgan fingerprint density at radius 2 is 1.72 bits per heavy atom. The lowest BCUT2D eigenvalue weighted by Gasteiger charge is -2.15. The van der Waals surface area contributed by atoms with Gasteiger partial charge in [-0.1, -0.05) is 6.07 Å². The molecule has 0 radical (unpaired) electrons. The number of ether oxygens (including phenoxy) is 3. The Morgan fingerprint density at radius 3 is 2.36 bits per heavy atom. The van der Waals surface area contributed by atoms with E-state index in [1.165, 1.54) is 7.11 Å². The average molecular weight is 402 g/mol. The van der Waals surface area contributed by atoms with Crippen LogP contribution >= 0.6 is 15.9 Å². The van der Waals surface area contributed by atoms with Crippen molar-refractivity contribution in [3.63, 3.8) is 0 Å². The summed E-state index contributed by atoms with van der Waals surface area (Å²) >= 11 is 3.38. The van der Waals surface area contributed by atoms with Crippen molar-refractivity contribution in [3.8, 4) is 22.6 Å². The second kappa shape index (κ2) is 7.11. The van der Waals surface area contributed by atoms with Crippen LogP contribution in [-0.4, -0.2) is 32.3 Å². The van der Waals surface area contributed by atoms with Gasteiger partial charge in [0.15, 0.2) is 11.5 Å². The molecular weight excluding hydrogens is 386 g/mol. The molecule has 0 aliphatic rings. The number of fused-ring (bicyclic) bond motifs is 1. The molecule has 2 aromatic carbocycles. The molecule has 0 amide bonds. The van der Waals surface area contributed by atoms with Crippen molar-refractivity contribution in [3.05, 3.63) is 52.8 Å². The molecule has 5 nitrogen and oxygen atoms in total. The lowest BCUT2D eigenvalue weighted by molar-refractivity contribution is 0.0602. The van der Waals surface area contributed by atoms with Gasteiger partial charge in [-0.15, -0.1) is 0 Å². The van der Waals surface area contributed by atoms with Crippen LogP contribution in [0.5, 0.6) is 11.5 Å². The van der Waals surface area contributed by atoms with E-state index in [-0.39, 0.29) is 0 Å². The Morgan fingerprint density at radius 1 is 1.00 bits per heavy atom. The molecule has 0 atom stereocenters. The normalized spacial score (nSPS) is 10.6. The smallest absolute Gasteiger partial charge is 0.338 e. The maximum absolute atomic E-state index is 12.3. The van der Waals surface area contributed by atoms with Crippen molar-refractivity contribution in [2.75, 3.05) is 21.3 Å². The summed E-state index contributed by atoms with van der Waals surface area (Å²) in [5.41, 5.74) is 2.08. The van der Waals surface area contributed by atoms with Gasteiger partial charge in [0.2, 0.25) is 0 Å². The molecule has 0 aliphatic heterocycles. The largest absolute Gasteiger partial charge is 0.493 e. The minimum atomic E-state index is -0.403. The summed E-state index contributed by atoms with van der Waals surface area (Å²) in [5, 5.41) is 1.78. The second-order valence-corrected chi connectivity index (χ2v) is 6.09. The van der Waals surface area contributed by atoms with Gasteiger partial charge in [-0.25, -0.2) is 9.78 Å². The minimum Gasteiger partial charge on any atom is -0.493 e. The van der Waals surface area contributed by atoms with Crippen LogP contribution in [0.15, 0.2) is 47.2 Å². The van der Waals surface area contributed by atoms with Gasteiger partial charge in [0.25, 0.3) is 0 Å². The van der Waals surface area contributed by atoms with Gasteiger partial charge in [0.1, 0.15) is 4.60 Å². The van der Waals surface area contributed by atoms with Crippen LogP contribution in [0.1, 0.15) is 10.4 Å². The summed E-state index contributed by atoms with van der Waals surface area (Å²) in [6.45, 7) is 0. The fraction of sp³-hybridized carbons (Fsp3) is 0.158. The van der Waals surface area contributed by atoms with E-state index in [9.17, 15) is 4.79 Å². The lowest BCUT2D eigenvalue weighted by Crippen LogP contribution is -2.04. The molecule has 0 aliphatic carbocycles. The highest BCUT2D eigenvalue weighted by atomic mass is 79.9. The molecule has 0 fully saturated rings. The molecule has 6 heteroatoms. The van der Waals surface area contributed by atoms with E-state index in [1.807, 2.05) is 30.3 Å². The maximum atomic E-state index is 12.3.